The van der Waals surface area contributed by atoms with Gasteiger partial charge in [-0.25, -0.2) is 4.99 Å². The predicted octanol–water partition coefficient (Wildman–Crippen LogP) is 12.7. The number of fused-ring (bicyclic) bond motifs is 10. The number of aromatic nitrogens is 1. The highest BCUT2D eigenvalue weighted by atomic mass is 32.1. The Kier molecular flexibility index (Phi) is 7.72. The van der Waals surface area contributed by atoms with Gasteiger partial charge >= 0.3 is 0 Å². The van der Waals surface area contributed by atoms with Gasteiger partial charge in [0.15, 0.2) is 0 Å². The Morgan fingerprint density at radius 2 is 1.39 bits per heavy atom. The largest absolute Gasteiger partial charge is 0.297 e. The van der Waals surface area contributed by atoms with Gasteiger partial charge in [-0.15, -0.1) is 11.3 Å². The van der Waals surface area contributed by atoms with Gasteiger partial charge in [-0.1, -0.05) is 178 Å². The molecule has 6 aromatic carbocycles. The average molecular weight is 777 g/mol. The highest BCUT2D eigenvalue weighted by Gasteiger charge is 2.49. The summed E-state index contributed by atoms with van der Waals surface area (Å²) in [6.07, 6.45) is 10.5. The molecule has 8 aromatic rings. The Hall–Kier alpha value is -6.29. The van der Waals surface area contributed by atoms with Gasteiger partial charge in [0.05, 0.1) is 16.3 Å². The van der Waals surface area contributed by atoms with Crippen molar-refractivity contribution in [1.82, 2.24) is 4.57 Å². The average Bonchev–Trinajstić information content (AvgIpc) is 3.93. The van der Waals surface area contributed by atoms with E-state index in [9.17, 15) is 0 Å². The zero-order chi connectivity index (χ0) is 39.4. The maximum Gasteiger partial charge on any atom is 0.123 e. The van der Waals surface area contributed by atoms with Crippen molar-refractivity contribution in [2.45, 2.75) is 38.5 Å². The lowest BCUT2D eigenvalue weighted by atomic mass is 9.67. The molecule has 0 radical (unpaired) electrons. The molecule has 3 aliphatic carbocycles. The number of nitrogens with zero attached hydrogens (tertiary/aromatic N) is 2. The second-order valence-corrected chi connectivity index (χ2v) is 17.9. The number of hydrogen-bond donors (Lipinski definition) is 0. The Balaban J connectivity index is 1.19. The summed E-state index contributed by atoms with van der Waals surface area (Å²) in [5, 5.41) is 6.42. The standard InChI is InChI=1S/C56H44N2S/c1-4-38-51(43-28-18-30-47-50(43)41-25-11-14-29-46(41)56(47,36-20-7-5-8-21-36)37-22-9-6-10-23-37)52-42-26-13-16-32-49(42)59-55(52)57-54(38)58-48-31-15-12-24-40(48)45-33-44-34(2)19-17-27-39(44)35(3)53(45)58/h5-34,38,44,51H,4H2,1-3H3. The molecule has 59 heavy (non-hydrogen) atoms. The van der Waals surface area contributed by atoms with E-state index in [1.165, 1.54) is 87.2 Å². The van der Waals surface area contributed by atoms with Crippen LogP contribution in [0.5, 0.6) is 0 Å². The number of aliphatic imine (C=N–C) groups is 1. The quantitative estimate of drug-likeness (QED) is 0.169. The van der Waals surface area contributed by atoms with Crippen molar-refractivity contribution in [2.75, 3.05) is 0 Å². The second kappa shape index (κ2) is 13.1. The van der Waals surface area contributed by atoms with Crippen molar-refractivity contribution >= 4 is 54.8 Å². The minimum atomic E-state index is -0.468. The lowest BCUT2D eigenvalue weighted by Crippen LogP contribution is -2.43. The molecular formula is C56H44N2S. The van der Waals surface area contributed by atoms with E-state index in [0.717, 1.165) is 17.3 Å². The third-order valence-electron chi connectivity index (χ3n) is 14.1. The minimum Gasteiger partial charge on any atom is -0.297 e. The highest BCUT2D eigenvalue weighted by molar-refractivity contribution is 7.22. The maximum absolute atomic E-state index is 5.86. The summed E-state index contributed by atoms with van der Waals surface area (Å²) < 4.78 is 3.88. The van der Waals surface area contributed by atoms with E-state index < -0.39 is 5.41 Å². The van der Waals surface area contributed by atoms with Gasteiger partial charge in [0.1, 0.15) is 10.8 Å². The van der Waals surface area contributed by atoms with Gasteiger partial charge < -0.3 is 0 Å². The zero-order valence-electron chi connectivity index (χ0n) is 33.6. The van der Waals surface area contributed by atoms with E-state index in [0.29, 0.717) is 11.8 Å². The monoisotopic (exact) mass is 776 g/mol. The maximum atomic E-state index is 5.86. The highest BCUT2D eigenvalue weighted by Crippen LogP contribution is 2.60. The van der Waals surface area contributed by atoms with Gasteiger partial charge in [0, 0.05) is 38.6 Å². The minimum absolute atomic E-state index is 0.0679. The van der Waals surface area contributed by atoms with Gasteiger partial charge in [0.25, 0.3) is 0 Å². The molecule has 284 valence electrons. The van der Waals surface area contributed by atoms with Crippen molar-refractivity contribution in [2.24, 2.45) is 22.7 Å². The van der Waals surface area contributed by atoms with Crippen LogP contribution in [-0.4, -0.2) is 10.4 Å². The van der Waals surface area contributed by atoms with Crippen molar-refractivity contribution < 1.29 is 0 Å². The summed E-state index contributed by atoms with van der Waals surface area (Å²) >= 11 is 1.85. The molecule has 0 spiro atoms. The van der Waals surface area contributed by atoms with Crippen LogP contribution in [0.4, 0.5) is 5.00 Å². The van der Waals surface area contributed by atoms with Crippen LogP contribution in [0.3, 0.4) is 0 Å². The number of para-hydroxylation sites is 1. The van der Waals surface area contributed by atoms with Crippen molar-refractivity contribution in [1.29, 1.82) is 0 Å². The van der Waals surface area contributed by atoms with E-state index in [2.05, 4.69) is 201 Å². The summed E-state index contributed by atoms with van der Waals surface area (Å²) in [5.41, 5.74) is 14.3. The topological polar surface area (TPSA) is 17.3 Å². The number of thiophene rings is 1. The molecule has 0 saturated carbocycles. The van der Waals surface area contributed by atoms with E-state index in [-0.39, 0.29) is 11.8 Å². The van der Waals surface area contributed by atoms with Gasteiger partial charge in [-0.3, -0.25) is 4.57 Å². The fourth-order valence-corrected chi connectivity index (χ4v) is 12.7. The lowest BCUT2D eigenvalue weighted by Gasteiger charge is -2.36. The molecule has 0 fully saturated rings. The van der Waals surface area contributed by atoms with E-state index >= 15 is 0 Å². The molecule has 12 rings (SSSR count). The third kappa shape index (κ3) is 4.71. The molecule has 2 nitrogen and oxygen atoms in total. The molecule has 0 N–H and O–H groups in total. The number of hydrogen-bond acceptors (Lipinski definition) is 2. The molecule has 0 amide bonds. The van der Waals surface area contributed by atoms with E-state index in [1.807, 2.05) is 11.3 Å². The molecular weight excluding hydrogens is 733 g/mol. The lowest BCUT2D eigenvalue weighted by molar-refractivity contribution is 0.567. The van der Waals surface area contributed by atoms with Crippen LogP contribution in [0.2, 0.25) is 0 Å². The van der Waals surface area contributed by atoms with Gasteiger partial charge in [-0.2, -0.15) is 0 Å². The first-order valence-corrected chi connectivity index (χ1v) is 22.1. The molecule has 4 aliphatic rings. The van der Waals surface area contributed by atoms with Crippen LogP contribution < -0.4 is 10.6 Å². The van der Waals surface area contributed by atoms with Gasteiger partial charge in [0.2, 0.25) is 0 Å². The Morgan fingerprint density at radius 1 is 0.712 bits per heavy atom. The van der Waals surface area contributed by atoms with E-state index in [1.54, 1.807) is 0 Å². The van der Waals surface area contributed by atoms with Crippen LogP contribution in [0, 0.1) is 17.8 Å². The first-order chi connectivity index (χ1) is 29.1. The second-order valence-electron chi connectivity index (χ2n) is 16.9. The Bertz CT molecular complexity index is 3210. The van der Waals surface area contributed by atoms with Crippen molar-refractivity contribution in [3.63, 3.8) is 0 Å². The first kappa shape index (κ1) is 34.7. The van der Waals surface area contributed by atoms with Crippen molar-refractivity contribution in [3.05, 3.63) is 219 Å². The third-order valence-corrected chi connectivity index (χ3v) is 15.1. The van der Waals surface area contributed by atoms with E-state index in [4.69, 9.17) is 4.99 Å². The normalized spacial score (nSPS) is 20.9. The fraction of sp³-hybridized carbons (Fsp3) is 0.161. The van der Waals surface area contributed by atoms with Crippen LogP contribution >= 0.6 is 11.3 Å². The zero-order valence-corrected chi connectivity index (χ0v) is 34.4. The summed E-state index contributed by atoms with van der Waals surface area (Å²) in [6.45, 7) is 7.09. The SMILES string of the molecule is CCC1C(n2c3c(c4ccccc42)=CC2C(=CC=CC2C)C=3C)=Nc2sc3ccccc3c2C1c1cccc2c1-c1ccccc1C2(c1ccccc1)c1ccccc1. The summed E-state index contributed by atoms with van der Waals surface area (Å²) in [6, 6.07) is 56.9. The summed E-state index contributed by atoms with van der Waals surface area (Å²) in [5.74, 6) is 2.14. The predicted molar refractivity (Wildman–Crippen MR) is 248 cm³/mol. The molecule has 3 heteroatoms. The first-order valence-electron chi connectivity index (χ1n) is 21.2. The Labute approximate surface area is 349 Å². The summed E-state index contributed by atoms with van der Waals surface area (Å²) in [4.78, 5) is 5.86. The summed E-state index contributed by atoms with van der Waals surface area (Å²) in [7, 11) is 0. The molecule has 2 aromatic heterocycles. The number of benzene rings is 6. The van der Waals surface area contributed by atoms with Crippen LogP contribution in [0.1, 0.15) is 66.5 Å². The van der Waals surface area contributed by atoms with Crippen LogP contribution in [0.25, 0.3) is 43.8 Å². The fourth-order valence-electron chi connectivity index (χ4n) is 11.6. The molecule has 1 aliphatic heterocycles. The number of allylic oxidation sites excluding steroid dienone is 4. The molecule has 3 heterocycles. The molecule has 0 saturated heterocycles. The Morgan fingerprint density at radius 3 is 2.17 bits per heavy atom. The smallest absolute Gasteiger partial charge is 0.123 e. The molecule has 4 atom stereocenters. The number of rotatable bonds is 4. The van der Waals surface area contributed by atoms with Crippen LogP contribution in [0.15, 0.2) is 180 Å². The molecule has 0 bridgehead atoms. The molecule has 4 unspecified atom stereocenters. The van der Waals surface area contributed by atoms with Crippen molar-refractivity contribution in [3.8, 4) is 11.1 Å². The van der Waals surface area contributed by atoms with Gasteiger partial charge in [-0.05, 0) is 86.9 Å². The van der Waals surface area contributed by atoms with Crippen LogP contribution in [-0.2, 0) is 5.41 Å².